The highest BCUT2D eigenvalue weighted by atomic mass is 127. The predicted molar refractivity (Wildman–Crippen MR) is 36.9 cm³/mol. The van der Waals surface area contributed by atoms with Crippen molar-refractivity contribution in [2.24, 2.45) is 0 Å². The van der Waals surface area contributed by atoms with Gasteiger partial charge in [-0.05, 0) is 0 Å². The van der Waals surface area contributed by atoms with Crippen LogP contribution in [0.1, 0.15) is 0 Å². The quantitative estimate of drug-likeness (QED) is 0.475. The second-order valence-corrected chi connectivity index (χ2v) is 1.13. The molecule has 0 nitrogen and oxygen atoms in total. The van der Waals surface area contributed by atoms with Gasteiger partial charge in [-0.1, -0.05) is 0 Å². The molecule has 0 rings (SSSR count). The summed E-state index contributed by atoms with van der Waals surface area (Å²) in [5, 5.41) is 0. The van der Waals surface area contributed by atoms with E-state index >= 15 is 0 Å². The Kier molecular flexibility index (Phi) is 17.2. The van der Waals surface area contributed by atoms with E-state index in [4.69, 9.17) is 23.2 Å². The van der Waals surface area contributed by atoms with Crippen LogP contribution in [0.15, 0.2) is 0 Å². The zero-order valence-corrected chi connectivity index (χ0v) is 6.42. The van der Waals surface area contributed by atoms with Gasteiger partial charge in [-0.3, -0.25) is 0 Å². The van der Waals surface area contributed by atoms with E-state index < -0.39 is 0 Å². The molecule has 0 unspecified atom stereocenters. The maximum Gasteiger partial charge on any atom is 0.0359 e. The van der Waals surface area contributed by atoms with E-state index in [0.29, 0.717) is 11.8 Å². The Morgan fingerprint density at radius 2 is 1.20 bits per heavy atom. The van der Waals surface area contributed by atoms with Gasteiger partial charge in [0.15, 0.2) is 0 Å². The van der Waals surface area contributed by atoms with Crippen LogP contribution in [0.5, 0.6) is 0 Å². The van der Waals surface area contributed by atoms with Crippen molar-refractivity contribution < 1.29 is 0 Å². The summed E-state index contributed by atoms with van der Waals surface area (Å²) in [5.74, 6) is 1.11. The van der Waals surface area contributed by atoms with Crippen LogP contribution in [0.3, 0.4) is 0 Å². The van der Waals surface area contributed by atoms with Gasteiger partial charge in [0.1, 0.15) is 0 Å². The van der Waals surface area contributed by atoms with Crippen molar-refractivity contribution in [3.63, 3.8) is 0 Å². The number of rotatable bonds is 1. The van der Waals surface area contributed by atoms with Gasteiger partial charge in [-0.25, -0.2) is 0 Å². The molecule has 0 heterocycles. The minimum atomic E-state index is 0. The lowest BCUT2D eigenvalue weighted by molar-refractivity contribution is 1.52. The van der Waals surface area contributed by atoms with Crippen molar-refractivity contribution in [3.05, 3.63) is 0 Å². The molecule has 0 aromatic rings. The molecule has 0 aliphatic carbocycles. The van der Waals surface area contributed by atoms with E-state index in [2.05, 4.69) is 0 Å². The van der Waals surface area contributed by atoms with Crippen molar-refractivity contribution >= 4 is 47.2 Å². The molecule has 0 atom stereocenters. The molecule has 0 saturated carbocycles. The number of alkyl halides is 2. The monoisotopic (exact) mass is 226 g/mol. The average molecular weight is 227 g/mol. The second kappa shape index (κ2) is 9.00. The molecule has 0 radical (unpaired) electrons. The molecule has 0 aromatic carbocycles. The van der Waals surface area contributed by atoms with Crippen LogP contribution < -0.4 is 0 Å². The molecule has 0 bridgehead atoms. The first-order valence-corrected chi connectivity index (χ1v) is 2.10. The standard InChI is InChI=1S/C2H4Cl2.HI/c3-1-2-4;/h1-2H2;1H. The summed E-state index contributed by atoms with van der Waals surface area (Å²) in [6.07, 6.45) is 0. The first kappa shape index (κ1) is 9.58. The van der Waals surface area contributed by atoms with E-state index in [9.17, 15) is 0 Å². The summed E-state index contributed by atoms with van der Waals surface area (Å²) in [5.41, 5.74) is 0. The van der Waals surface area contributed by atoms with Crippen molar-refractivity contribution in [2.75, 3.05) is 11.8 Å². The van der Waals surface area contributed by atoms with Gasteiger partial charge in [0.05, 0.1) is 0 Å². The zero-order chi connectivity index (χ0) is 3.41. The summed E-state index contributed by atoms with van der Waals surface area (Å²) in [7, 11) is 0. The van der Waals surface area contributed by atoms with Crippen molar-refractivity contribution in [1.82, 2.24) is 0 Å². The average Bonchev–Trinajstić information content (AvgIpc) is 1.37. The second-order valence-electron chi connectivity index (χ2n) is 0.378. The molecule has 0 aliphatic heterocycles. The molecule has 0 saturated heterocycles. The van der Waals surface area contributed by atoms with Gasteiger partial charge in [-0.15, -0.1) is 47.2 Å². The van der Waals surface area contributed by atoms with E-state index in [-0.39, 0.29) is 24.0 Å². The fourth-order valence-electron chi connectivity index (χ4n) is 0. The van der Waals surface area contributed by atoms with Crippen molar-refractivity contribution in [3.8, 4) is 0 Å². The molecule has 0 amide bonds. The molecule has 0 aliphatic rings. The van der Waals surface area contributed by atoms with Gasteiger partial charge in [0.25, 0.3) is 0 Å². The molecule has 0 N–H and O–H groups in total. The van der Waals surface area contributed by atoms with Crippen molar-refractivity contribution in [1.29, 1.82) is 0 Å². The fourth-order valence-corrected chi connectivity index (χ4v) is 0. The molecule has 0 spiro atoms. The van der Waals surface area contributed by atoms with Gasteiger partial charge < -0.3 is 0 Å². The molecule has 0 aromatic heterocycles. The smallest absolute Gasteiger partial charge is 0.0359 e. The Morgan fingerprint density at radius 3 is 1.20 bits per heavy atom. The Morgan fingerprint density at radius 1 is 1.00 bits per heavy atom. The number of hydrogen-bond acceptors (Lipinski definition) is 0. The highest BCUT2D eigenvalue weighted by molar-refractivity contribution is 14.0. The highest BCUT2D eigenvalue weighted by Crippen LogP contribution is 1.75. The molecular weight excluding hydrogens is 222 g/mol. The first-order valence-electron chi connectivity index (χ1n) is 1.03. The van der Waals surface area contributed by atoms with E-state index in [1.165, 1.54) is 0 Å². The van der Waals surface area contributed by atoms with Crippen molar-refractivity contribution in [2.45, 2.75) is 0 Å². The maximum atomic E-state index is 5.05. The highest BCUT2D eigenvalue weighted by Gasteiger charge is 1.61. The van der Waals surface area contributed by atoms with Gasteiger partial charge in [0, 0.05) is 11.8 Å². The molecule has 5 heavy (non-hydrogen) atoms. The summed E-state index contributed by atoms with van der Waals surface area (Å²) in [6, 6.07) is 0. The topological polar surface area (TPSA) is 0 Å². The number of halogens is 3. The van der Waals surface area contributed by atoms with E-state index in [0.717, 1.165) is 0 Å². The Balaban J connectivity index is 0. The molecular formula is C2H5Cl2I. The summed E-state index contributed by atoms with van der Waals surface area (Å²) in [4.78, 5) is 0. The van der Waals surface area contributed by atoms with Crippen LogP contribution in [0.2, 0.25) is 0 Å². The molecule has 0 fully saturated rings. The fraction of sp³-hybridized carbons (Fsp3) is 1.00. The third-order valence-corrected chi connectivity index (χ3v) is 0.643. The van der Waals surface area contributed by atoms with Gasteiger partial charge in [-0.2, -0.15) is 0 Å². The summed E-state index contributed by atoms with van der Waals surface area (Å²) >= 11 is 10.1. The normalized spacial score (nSPS) is 6.00. The minimum absolute atomic E-state index is 0. The van der Waals surface area contributed by atoms with Crippen LogP contribution in [0.4, 0.5) is 0 Å². The first-order chi connectivity index (χ1) is 1.91. The van der Waals surface area contributed by atoms with Crippen LogP contribution >= 0.6 is 47.2 Å². The van der Waals surface area contributed by atoms with Crippen LogP contribution in [-0.2, 0) is 0 Å². The molecule has 34 valence electrons. The van der Waals surface area contributed by atoms with Gasteiger partial charge >= 0.3 is 0 Å². The van der Waals surface area contributed by atoms with Crippen LogP contribution in [0.25, 0.3) is 0 Å². The third-order valence-electron chi connectivity index (χ3n) is 0.0714. The zero-order valence-electron chi connectivity index (χ0n) is 2.58. The minimum Gasteiger partial charge on any atom is -0.125 e. The van der Waals surface area contributed by atoms with E-state index in [1.807, 2.05) is 0 Å². The number of hydrogen-bond donors (Lipinski definition) is 0. The van der Waals surface area contributed by atoms with Crippen LogP contribution in [0, 0.1) is 0 Å². The van der Waals surface area contributed by atoms with Gasteiger partial charge in [0.2, 0.25) is 0 Å². The lowest BCUT2D eigenvalue weighted by Crippen LogP contribution is -1.63. The lowest BCUT2D eigenvalue weighted by Gasteiger charge is -1.63. The summed E-state index contributed by atoms with van der Waals surface area (Å²) in [6.45, 7) is 0. The Hall–Kier alpha value is 1.31. The SMILES string of the molecule is ClCCCl.I. The van der Waals surface area contributed by atoms with E-state index in [1.54, 1.807) is 0 Å². The Bertz CT molecular complexity index is 9.61. The third kappa shape index (κ3) is 10.9. The maximum absolute atomic E-state index is 5.05. The Labute approximate surface area is 58.9 Å². The molecule has 3 heteroatoms. The largest absolute Gasteiger partial charge is 0.125 e. The predicted octanol–water partition coefficient (Wildman–Crippen LogP) is 2.08. The van der Waals surface area contributed by atoms with Crippen LogP contribution in [-0.4, -0.2) is 11.8 Å². The lowest BCUT2D eigenvalue weighted by atomic mass is 11.0. The summed E-state index contributed by atoms with van der Waals surface area (Å²) < 4.78 is 0.